The van der Waals surface area contributed by atoms with Gasteiger partial charge in [0.1, 0.15) is 6.04 Å². The largest absolute Gasteiger partial charge is 0.465 e. The Morgan fingerprint density at radius 2 is 1.87 bits per heavy atom. The van der Waals surface area contributed by atoms with Crippen molar-refractivity contribution in [2.75, 3.05) is 26.7 Å². The minimum absolute atomic E-state index is 0.0553. The van der Waals surface area contributed by atoms with E-state index < -0.39 is 0 Å². The Morgan fingerprint density at radius 1 is 1.33 bits per heavy atom. The Bertz CT molecular complexity index is 168. The van der Waals surface area contributed by atoms with Crippen LogP contribution in [0.15, 0.2) is 0 Å². The zero-order valence-corrected chi connectivity index (χ0v) is 10.2. The smallest absolute Gasteiger partial charge is 0.323 e. The summed E-state index contributed by atoms with van der Waals surface area (Å²) in [6.45, 7) is 6.35. The summed E-state index contributed by atoms with van der Waals surface area (Å²) in [5.41, 5.74) is 4.50. The fourth-order valence-electron chi connectivity index (χ4n) is 1.72. The third kappa shape index (κ3) is 5.14. The van der Waals surface area contributed by atoms with Gasteiger partial charge in [-0.15, -0.1) is 0 Å². The minimum Gasteiger partial charge on any atom is -0.465 e. The molecule has 1 atom stereocenters. The van der Waals surface area contributed by atoms with Crippen LogP contribution in [-0.2, 0) is 9.53 Å². The second-order valence-electron chi connectivity index (χ2n) is 3.52. The maximum Gasteiger partial charge on any atom is 0.323 e. The van der Waals surface area contributed by atoms with Gasteiger partial charge in [0.2, 0.25) is 0 Å². The predicted molar refractivity (Wildman–Crippen MR) is 61.6 cm³/mol. The van der Waals surface area contributed by atoms with E-state index in [4.69, 9.17) is 4.74 Å². The molecule has 2 N–H and O–H groups in total. The van der Waals surface area contributed by atoms with Gasteiger partial charge in [0.05, 0.1) is 6.61 Å². The molecule has 0 aliphatic carbocycles. The lowest BCUT2D eigenvalue weighted by Gasteiger charge is -2.30. The van der Waals surface area contributed by atoms with E-state index in [1.54, 1.807) is 0 Å². The van der Waals surface area contributed by atoms with Crippen LogP contribution in [-0.4, -0.2) is 43.7 Å². The van der Waals surface area contributed by atoms with Crippen molar-refractivity contribution in [2.45, 2.75) is 39.2 Å². The fourth-order valence-corrected chi connectivity index (χ4v) is 1.72. The topological polar surface area (TPSA) is 55.6 Å². The molecule has 1 fully saturated rings. The van der Waals surface area contributed by atoms with Crippen LogP contribution < -0.4 is 5.73 Å². The van der Waals surface area contributed by atoms with Crippen LogP contribution in [0.4, 0.5) is 0 Å². The van der Waals surface area contributed by atoms with Crippen molar-refractivity contribution in [3.63, 3.8) is 0 Å². The summed E-state index contributed by atoms with van der Waals surface area (Å²) in [6, 6.07) is -0.0553. The number of ether oxygens (including phenoxy) is 1. The van der Waals surface area contributed by atoms with Gasteiger partial charge in [-0.1, -0.05) is 6.42 Å². The summed E-state index contributed by atoms with van der Waals surface area (Å²) in [5, 5.41) is 0. The number of carbonyl (C=O) groups is 1. The molecule has 90 valence electrons. The molecule has 0 amide bonds. The van der Waals surface area contributed by atoms with E-state index in [1.807, 2.05) is 13.8 Å². The van der Waals surface area contributed by atoms with Crippen molar-refractivity contribution in [1.82, 2.24) is 4.90 Å². The van der Waals surface area contributed by atoms with E-state index in [2.05, 4.69) is 10.6 Å². The van der Waals surface area contributed by atoms with Gasteiger partial charge in [0.15, 0.2) is 0 Å². The van der Waals surface area contributed by atoms with Crippen molar-refractivity contribution >= 4 is 5.97 Å². The molecule has 0 bridgehead atoms. The monoisotopic (exact) mass is 216 g/mol. The van der Waals surface area contributed by atoms with Crippen molar-refractivity contribution in [3.05, 3.63) is 0 Å². The Labute approximate surface area is 92.8 Å². The zero-order valence-electron chi connectivity index (χ0n) is 10.2. The number of hydrogen-bond acceptors (Lipinski definition) is 4. The van der Waals surface area contributed by atoms with Crippen LogP contribution in [0.1, 0.15) is 33.1 Å². The van der Waals surface area contributed by atoms with Crippen molar-refractivity contribution in [3.8, 4) is 0 Å². The number of nitrogens with two attached hydrogens (primary N) is 1. The number of likely N-dealkylation sites (tertiary alicyclic amines) is 1. The summed E-state index contributed by atoms with van der Waals surface area (Å²) in [6.07, 6.45) is 3.72. The van der Waals surface area contributed by atoms with Crippen molar-refractivity contribution < 1.29 is 9.53 Å². The van der Waals surface area contributed by atoms with E-state index in [-0.39, 0.29) is 12.0 Å². The zero-order chi connectivity index (χ0) is 11.7. The molecular weight excluding hydrogens is 192 g/mol. The molecule has 1 aliphatic rings. The molecular formula is C11H24N2O2. The predicted octanol–water partition coefficient (Wildman–Crippen LogP) is 0.999. The molecule has 4 heteroatoms. The first-order valence-electron chi connectivity index (χ1n) is 5.74. The van der Waals surface area contributed by atoms with Crippen molar-refractivity contribution in [1.29, 1.82) is 0 Å². The maximum atomic E-state index is 11.4. The molecule has 0 aromatic rings. The molecule has 1 rings (SSSR count). The summed E-state index contributed by atoms with van der Waals surface area (Å²) in [4.78, 5) is 13.6. The van der Waals surface area contributed by atoms with E-state index >= 15 is 0 Å². The third-order valence-electron chi connectivity index (χ3n) is 2.57. The molecule has 1 aliphatic heterocycles. The Kier molecular flexibility index (Phi) is 8.33. The normalized spacial score (nSPS) is 18.7. The molecule has 0 saturated carbocycles. The minimum atomic E-state index is -0.0793. The van der Waals surface area contributed by atoms with Gasteiger partial charge in [-0.2, -0.15) is 0 Å². The highest BCUT2D eigenvalue weighted by Gasteiger charge is 2.23. The highest BCUT2D eigenvalue weighted by atomic mass is 16.5. The van der Waals surface area contributed by atoms with Gasteiger partial charge in [0, 0.05) is 0 Å². The Balaban J connectivity index is 0.000000921. The van der Waals surface area contributed by atoms with E-state index in [1.165, 1.54) is 26.3 Å². The maximum absolute atomic E-state index is 11.4. The van der Waals surface area contributed by atoms with Gasteiger partial charge in [-0.05, 0) is 46.8 Å². The average molecular weight is 216 g/mol. The average Bonchev–Trinajstić information content (AvgIpc) is 2.32. The highest BCUT2D eigenvalue weighted by Crippen LogP contribution is 2.12. The van der Waals surface area contributed by atoms with Crippen LogP contribution in [0.2, 0.25) is 0 Å². The number of hydrogen-bond donors (Lipinski definition) is 1. The van der Waals surface area contributed by atoms with Gasteiger partial charge in [-0.25, -0.2) is 0 Å². The highest BCUT2D eigenvalue weighted by molar-refractivity contribution is 5.75. The molecule has 0 radical (unpaired) electrons. The molecule has 4 nitrogen and oxygen atoms in total. The first-order chi connectivity index (χ1) is 7.25. The lowest BCUT2D eigenvalue weighted by atomic mass is 10.1. The first-order valence-corrected chi connectivity index (χ1v) is 5.74. The van der Waals surface area contributed by atoms with Crippen LogP contribution in [0.25, 0.3) is 0 Å². The number of carbonyl (C=O) groups excluding carboxylic acids is 1. The quantitative estimate of drug-likeness (QED) is 0.715. The number of rotatable bonds is 3. The van der Waals surface area contributed by atoms with Gasteiger partial charge >= 0.3 is 5.97 Å². The second-order valence-corrected chi connectivity index (χ2v) is 3.52. The second kappa shape index (κ2) is 8.68. The number of nitrogens with zero attached hydrogens (tertiary/aromatic N) is 1. The summed E-state index contributed by atoms with van der Waals surface area (Å²) in [5.74, 6) is -0.0793. The molecule has 1 heterocycles. The standard InChI is InChI=1S/C10H19NO2.CH5N/c1-3-13-10(12)9(2)11-7-5-4-6-8-11;1-2/h9H,3-8H2,1-2H3;2H2,1H3. The third-order valence-corrected chi connectivity index (χ3v) is 2.57. The number of esters is 1. The Morgan fingerprint density at radius 3 is 2.33 bits per heavy atom. The molecule has 0 aromatic carbocycles. The Hall–Kier alpha value is -0.610. The van der Waals surface area contributed by atoms with Crippen LogP contribution >= 0.6 is 0 Å². The SMILES string of the molecule is CCOC(=O)C(C)N1CCCCC1.CN. The van der Waals surface area contributed by atoms with Crippen LogP contribution in [0, 0.1) is 0 Å². The van der Waals surface area contributed by atoms with Crippen LogP contribution in [0.5, 0.6) is 0 Å². The lowest BCUT2D eigenvalue weighted by molar-refractivity contribution is -0.149. The first kappa shape index (κ1) is 14.4. The molecule has 15 heavy (non-hydrogen) atoms. The summed E-state index contributed by atoms with van der Waals surface area (Å²) in [7, 11) is 1.50. The fraction of sp³-hybridized carbons (Fsp3) is 0.909. The lowest BCUT2D eigenvalue weighted by Crippen LogP contribution is -2.42. The van der Waals surface area contributed by atoms with E-state index in [9.17, 15) is 4.79 Å². The molecule has 0 aromatic heterocycles. The molecule has 0 spiro atoms. The van der Waals surface area contributed by atoms with Crippen LogP contribution in [0.3, 0.4) is 0 Å². The van der Waals surface area contributed by atoms with Gasteiger partial charge in [-0.3, -0.25) is 9.69 Å². The number of piperidine rings is 1. The van der Waals surface area contributed by atoms with Gasteiger partial charge < -0.3 is 10.5 Å². The molecule has 1 unspecified atom stereocenters. The van der Waals surface area contributed by atoms with E-state index in [0.29, 0.717) is 6.61 Å². The van der Waals surface area contributed by atoms with Crippen molar-refractivity contribution in [2.24, 2.45) is 5.73 Å². The van der Waals surface area contributed by atoms with Gasteiger partial charge in [0.25, 0.3) is 0 Å². The molecule has 1 saturated heterocycles. The summed E-state index contributed by atoms with van der Waals surface area (Å²) < 4.78 is 4.98. The summed E-state index contributed by atoms with van der Waals surface area (Å²) >= 11 is 0. The van der Waals surface area contributed by atoms with E-state index in [0.717, 1.165) is 13.1 Å².